The molecule has 11 aromatic rings. The van der Waals surface area contributed by atoms with Gasteiger partial charge in [0.05, 0.1) is 22.1 Å². The van der Waals surface area contributed by atoms with Gasteiger partial charge in [-0.3, -0.25) is 0 Å². The quantitative estimate of drug-likeness (QED) is 0.163. The maximum absolute atomic E-state index is 2.46. The van der Waals surface area contributed by atoms with Gasteiger partial charge in [-0.25, -0.2) is 0 Å². The van der Waals surface area contributed by atoms with Gasteiger partial charge in [-0.05, 0) is 128 Å². The van der Waals surface area contributed by atoms with Gasteiger partial charge in [-0.2, -0.15) is 0 Å². The molecule has 0 saturated heterocycles. The van der Waals surface area contributed by atoms with Crippen molar-refractivity contribution >= 4 is 72.8 Å². The number of benzene rings is 8. The normalized spacial score (nSPS) is 12.9. The average Bonchev–Trinajstić information content (AvgIpc) is 4.00. The van der Waals surface area contributed by atoms with Gasteiger partial charge >= 0.3 is 0 Å². The first-order valence-electron chi connectivity index (χ1n) is 23.3. The number of nitrogens with zero attached hydrogens (tertiary/aromatic N) is 4. The van der Waals surface area contributed by atoms with E-state index in [0.717, 1.165) is 42.7 Å². The van der Waals surface area contributed by atoms with Gasteiger partial charge in [0.15, 0.2) is 0 Å². The number of fused-ring (bicyclic) bond motifs is 10. The zero-order valence-electron chi connectivity index (χ0n) is 37.4. The molecule has 2 aliphatic rings. The highest BCUT2D eigenvalue weighted by Crippen LogP contribution is 2.43. The zero-order valence-corrected chi connectivity index (χ0v) is 37.4. The fourth-order valence-electron chi connectivity index (χ4n) is 10.8. The van der Waals surface area contributed by atoms with Crippen LogP contribution in [0.4, 0.5) is 17.1 Å². The lowest BCUT2D eigenvalue weighted by atomic mass is 9.98. The fourth-order valence-corrected chi connectivity index (χ4v) is 10.8. The Morgan fingerprint density at radius 2 is 1.14 bits per heavy atom. The van der Waals surface area contributed by atoms with Crippen molar-refractivity contribution in [3.63, 3.8) is 0 Å². The smallest absolute Gasteiger partial charge is 0.0584 e. The monoisotopic (exact) mass is 850 g/mol. The number of aryl methyl sites for hydroxylation is 3. The predicted octanol–water partition coefficient (Wildman–Crippen LogP) is 16.3. The third-order valence-corrected chi connectivity index (χ3v) is 13.8. The second kappa shape index (κ2) is 16.5. The highest BCUT2D eigenvalue weighted by Gasteiger charge is 2.25. The van der Waals surface area contributed by atoms with Crippen LogP contribution in [-0.2, 0) is 19.9 Å². The van der Waals surface area contributed by atoms with Gasteiger partial charge in [0.2, 0.25) is 0 Å². The first-order chi connectivity index (χ1) is 32.6. The number of anilines is 3. The molecule has 0 atom stereocenters. The van der Waals surface area contributed by atoms with E-state index in [9.17, 15) is 0 Å². The number of hydrogen-bond acceptors (Lipinski definition) is 1. The van der Waals surface area contributed by atoms with Gasteiger partial charge in [0.25, 0.3) is 0 Å². The second-order valence-electron chi connectivity index (χ2n) is 17.6. The molecular formula is C62H50N4. The van der Waals surface area contributed by atoms with E-state index >= 15 is 0 Å². The molecule has 0 amide bonds. The molecule has 0 unspecified atom stereocenters. The summed E-state index contributed by atoms with van der Waals surface area (Å²) in [6, 6.07) is 69.7. The Morgan fingerprint density at radius 1 is 0.470 bits per heavy atom. The Labute approximate surface area is 386 Å². The Morgan fingerprint density at radius 3 is 1.97 bits per heavy atom. The molecule has 8 aromatic carbocycles. The van der Waals surface area contributed by atoms with E-state index in [0.29, 0.717) is 0 Å². The van der Waals surface area contributed by atoms with Crippen molar-refractivity contribution in [2.75, 3.05) is 4.90 Å². The Bertz CT molecular complexity index is 3660. The molecule has 3 aromatic heterocycles. The summed E-state index contributed by atoms with van der Waals surface area (Å²) in [5, 5.41) is 5.35. The van der Waals surface area contributed by atoms with Gasteiger partial charge in [0.1, 0.15) is 0 Å². The summed E-state index contributed by atoms with van der Waals surface area (Å²) in [6.07, 6.45) is 13.8. The largest absolute Gasteiger partial charge is 0.346 e. The Hall–Kier alpha value is -8.08. The molecule has 4 nitrogen and oxygen atoms in total. The van der Waals surface area contributed by atoms with E-state index < -0.39 is 0 Å². The first kappa shape index (κ1) is 39.5. The van der Waals surface area contributed by atoms with Crippen LogP contribution in [0.5, 0.6) is 0 Å². The lowest BCUT2D eigenvalue weighted by Gasteiger charge is -2.27. The van der Waals surface area contributed by atoms with Gasteiger partial charge in [0, 0.05) is 74.0 Å². The van der Waals surface area contributed by atoms with Crippen molar-refractivity contribution in [2.45, 2.75) is 32.6 Å². The van der Waals surface area contributed by atoms with Crippen LogP contribution in [-0.4, -0.2) is 13.7 Å². The van der Waals surface area contributed by atoms with Crippen molar-refractivity contribution in [3.05, 3.63) is 234 Å². The van der Waals surface area contributed by atoms with Crippen molar-refractivity contribution < 1.29 is 0 Å². The predicted molar refractivity (Wildman–Crippen MR) is 280 cm³/mol. The lowest BCUT2D eigenvalue weighted by Crippen LogP contribution is -2.11. The van der Waals surface area contributed by atoms with E-state index in [1.807, 2.05) is 0 Å². The van der Waals surface area contributed by atoms with Crippen LogP contribution in [0, 0.1) is 6.92 Å². The van der Waals surface area contributed by atoms with Crippen LogP contribution in [0.2, 0.25) is 0 Å². The number of allylic oxidation sites excluding steroid dienone is 2. The van der Waals surface area contributed by atoms with Crippen LogP contribution in [0.25, 0.3) is 78.3 Å². The maximum atomic E-state index is 2.46. The summed E-state index contributed by atoms with van der Waals surface area (Å²) in [5.74, 6) is 0. The molecule has 0 N–H and O–H groups in total. The van der Waals surface area contributed by atoms with Crippen molar-refractivity contribution in [3.8, 4) is 22.5 Å². The van der Waals surface area contributed by atoms with E-state index in [1.165, 1.54) is 94.2 Å². The average molecular weight is 851 g/mol. The molecule has 0 spiro atoms. The molecule has 66 heavy (non-hydrogen) atoms. The van der Waals surface area contributed by atoms with Crippen LogP contribution in [0.1, 0.15) is 40.9 Å². The summed E-state index contributed by atoms with van der Waals surface area (Å²) >= 11 is 0. The minimum Gasteiger partial charge on any atom is -0.346 e. The molecule has 13 rings (SSSR count). The Balaban J connectivity index is 0.000000147. The van der Waals surface area contributed by atoms with Gasteiger partial charge in [-0.1, -0.05) is 146 Å². The first-order valence-corrected chi connectivity index (χ1v) is 23.3. The molecule has 0 aliphatic heterocycles. The maximum Gasteiger partial charge on any atom is 0.0584 e. The van der Waals surface area contributed by atoms with Crippen LogP contribution in [0.3, 0.4) is 0 Å². The second-order valence-corrected chi connectivity index (χ2v) is 17.6. The van der Waals surface area contributed by atoms with Gasteiger partial charge < -0.3 is 18.6 Å². The molecule has 4 heteroatoms. The number of para-hydroxylation sites is 4. The minimum absolute atomic E-state index is 1.12. The van der Waals surface area contributed by atoms with Crippen molar-refractivity contribution in [1.82, 2.24) is 13.7 Å². The fraction of sp³-hybridized carbons (Fsp3) is 0.0968. The molecule has 2 aliphatic carbocycles. The SMILES string of the molecule is Cc1ccccc1N(c1ccccc1)c1ccc2c3ccccc3n(-c3cccc(-c4ccccc4)c3)c2c1.Cn1c2c(c3ccc4c(c5c(n4-c4ccccc4)C=CCC5)c31)C=CCC2. The molecule has 318 valence electrons. The van der Waals surface area contributed by atoms with Crippen LogP contribution in [0.15, 0.2) is 206 Å². The van der Waals surface area contributed by atoms with E-state index in [-0.39, 0.29) is 0 Å². The summed E-state index contributed by atoms with van der Waals surface area (Å²) in [6.45, 7) is 2.18. The van der Waals surface area contributed by atoms with E-state index in [2.05, 4.69) is 251 Å². The van der Waals surface area contributed by atoms with Crippen LogP contribution >= 0.6 is 0 Å². The lowest BCUT2D eigenvalue weighted by molar-refractivity contribution is 0.825. The van der Waals surface area contributed by atoms with Crippen LogP contribution < -0.4 is 4.90 Å². The minimum atomic E-state index is 1.12. The molecule has 0 radical (unpaired) electrons. The number of rotatable bonds is 6. The van der Waals surface area contributed by atoms with Crippen molar-refractivity contribution in [1.29, 1.82) is 0 Å². The highest BCUT2D eigenvalue weighted by molar-refractivity contribution is 6.13. The molecule has 3 heterocycles. The third-order valence-electron chi connectivity index (χ3n) is 13.8. The zero-order chi connectivity index (χ0) is 44.1. The van der Waals surface area contributed by atoms with E-state index in [1.54, 1.807) is 0 Å². The summed E-state index contributed by atoms with van der Waals surface area (Å²) in [5.41, 5.74) is 20.4. The summed E-state index contributed by atoms with van der Waals surface area (Å²) in [7, 11) is 2.25. The Kier molecular flexibility index (Phi) is 9.87. The number of aromatic nitrogens is 3. The molecule has 0 bridgehead atoms. The number of hydrogen-bond donors (Lipinski definition) is 0. The molecule has 0 fully saturated rings. The topological polar surface area (TPSA) is 18.0 Å². The van der Waals surface area contributed by atoms with Gasteiger partial charge in [-0.15, -0.1) is 0 Å². The van der Waals surface area contributed by atoms with E-state index in [4.69, 9.17) is 0 Å². The molecular weight excluding hydrogens is 801 g/mol. The van der Waals surface area contributed by atoms with Crippen molar-refractivity contribution in [2.24, 2.45) is 7.05 Å². The standard InChI is InChI=1S/C37H28N2.C25H22N2/c1-27-13-8-10-21-35(27)38(30-17-6-3-7-18-30)32-23-24-34-33-20-9-11-22-36(33)39(37(34)26-32)31-19-12-16-29(25-31)28-14-4-2-5-15-28;1-26-21-13-7-5-11-18(21)19-15-16-23-24(25(19)26)20-12-6-8-14-22(20)27(23)17-9-3-2-4-10-17/h2-26H,1H3;2-5,8-11,14-16H,6-7,12-13H2,1H3. The highest BCUT2D eigenvalue weighted by atomic mass is 15.1. The third kappa shape index (κ3) is 6.60. The summed E-state index contributed by atoms with van der Waals surface area (Å²) < 4.78 is 7.31. The summed E-state index contributed by atoms with van der Waals surface area (Å²) in [4.78, 5) is 2.36. The molecule has 0 saturated carbocycles.